The minimum Gasteiger partial charge on any atom is -0.508 e. The van der Waals surface area contributed by atoms with Crippen molar-refractivity contribution in [3.05, 3.63) is 60.7 Å². The number of hydrogen-bond acceptors (Lipinski definition) is 11. The molecule has 0 bridgehead atoms. The van der Waals surface area contributed by atoms with Gasteiger partial charge in [0.2, 0.25) is 5.91 Å². The zero-order chi connectivity index (χ0) is 29.9. The molecule has 0 saturated heterocycles. The van der Waals surface area contributed by atoms with Crippen LogP contribution < -0.4 is 25.2 Å². The molecule has 5 N–H and O–H groups in total. The number of nitrogens with one attached hydrogen (secondary N) is 2. The van der Waals surface area contributed by atoms with Gasteiger partial charge in [0.15, 0.2) is 5.75 Å². The van der Waals surface area contributed by atoms with Gasteiger partial charge in [-0.1, -0.05) is 0 Å². The molecule has 1 amide bonds. The molecular weight excluding hydrogens is 554 g/mol. The Kier molecular flexibility index (Phi) is 8.16. The van der Waals surface area contributed by atoms with Crippen LogP contribution in [0.1, 0.15) is 6.92 Å². The highest BCUT2D eigenvalue weighted by molar-refractivity contribution is 7.86. The predicted molar refractivity (Wildman–Crippen MR) is 154 cm³/mol. The van der Waals surface area contributed by atoms with Crippen molar-refractivity contribution in [1.82, 2.24) is 0 Å². The summed E-state index contributed by atoms with van der Waals surface area (Å²) >= 11 is 0. The number of benzene rings is 4. The molecule has 214 valence electrons. The van der Waals surface area contributed by atoms with E-state index in [2.05, 4.69) is 21.0 Å². The second-order valence-electron chi connectivity index (χ2n) is 8.78. The molecule has 0 spiro atoms. The van der Waals surface area contributed by atoms with Gasteiger partial charge >= 0.3 is 0 Å². The number of carbonyl (C=O) groups excluding carboxylic acids is 1. The van der Waals surface area contributed by atoms with E-state index < -0.39 is 26.5 Å². The third kappa shape index (κ3) is 6.40. The lowest BCUT2D eigenvalue weighted by Crippen LogP contribution is -2.25. The van der Waals surface area contributed by atoms with Gasteiger partial charge in [-0.05, 0) is 53.9 Å². The second kappa shape index (κ2) is 11.6. The summed E-state index contributed by atoms with van der Waals surface area (Å²) in [5.74, 6) is -0.189. The lowest BCUT2D eigenvalue weighted by atomic mass is 10.1. The fourth-order valence-electron chi connectivity index (χ4n) is 4.03. The Labute approximate surface area is 235 Å². The number of methoxy groups -OCH3 is 2. The fourth-order valence-corrected chi connectivity index (χ4v) is 4.68. The summed E-state index contributed by atoms with van der Waals surface area (Å²) in [4.78, 5) is 10.7. The first-order chi connectivity index (χ1) is 19.4. The van der Waals surface area contributed by atoms with Gasteiger partial charge in [-0.25, -0.2) is 0 Å². The van der Waals surface area contributed by atoms with Gasteiger partial charge in [0.25, 0.3) is 10.1 Å². The Bertz CT molecular complexity index is 1760. The number of fused-ring (bicyclic) bond motifs is 1. The van der Waals surface area contributed by atoms with E-state index in [1.165, 1.54) is 57.5 Å². The van der Waals surface area contributed by atoms with Gasteiger partial charge in [0.1, 0.15) is 39.2 Å². The number of hydrazine groups is 1. The molecule has 0 aliphatic carbocycles. The summed E-state index contributed by atoms with van der Waals surface area (Å²) in [5, 5.41) is 33.2. The number of amides is 1. The number of aromatic hydroxyl groups is 2. The highest BCUT2D eigenvalue weighted by Crippen LogP contribution is 2.44. The van der Waals surface area contributed by atoms with E-state index in [1.54, 1.807) is 30.3 Å². The molecule has 0 fully saturated rings. The summed E-state index contributed by atoms with van der Waals surface area (Å²) < 4.78 is 45.4. The molecule has 0 aromatic heterocycles. The summed E-state index contributed by atoms with van der Waals surface area (Å²) in [5.41, 5.74) is 4.36. The number of phenolic OH excluding ortho intramolecular Hbond substituents is 2. The zero-order valence-electron chi connectivity index (χ0n) is 22.4. The van der Waals surface area contributed by atoms with Crippen molar-refractivity contribution in [3.63, 3.8) is 0 Å². The predicted octanol–water partition coefficient (Wildman–Crippen LogP) is 5.35. The first kappa shape index (κ1) is 28.9. The summed E-state index contributed by atoms with van der Waals surface area (Å²) in [6.45, 7) is 1.31. The second-order valence-corrected chi connectivity index (χ2v) is 10.2. The Hall–Kier alpha value is -5.08. The normalized spacial score (nSPS) is 11.4. The third-order valence-corrected chi connectivity index (χ3v) is 6.78. The van der Waals surface area contributed by atoms with E-state index in [4.69, 9.17) is 9.47 Å². The van der Waals surface area contributed by atoms with Gasteiger partial charge < -0.3 is 25.0 Å². The Morgan fingerprint density at radius 2 is 1.56 bits per heavy atom. The lowest BCUT2D eigenvalue weighted by Gasteiger charge is -2.24. The molecule has 4 rings (SSSR count). The van der Waals surface area contributed by atoms with Crippen LogP contribution in [0, 0.1) is 0 Å². The maximum atomic E-state index is 12.2. The molecule has 4 aromatic rings. The average Bonchev–Trinajstić information content (AvgIpc) is 2.92. The van der Waals surface area contributed by atoms with E-state index in [1.807, 2.05) is 0 Å². The molecule has 41 heavy (non-hydrogen) atoms. The Morgan fingerprint density at radius 1 is 0.902 bits per heavy atom. The van der Waals surface area contributed by atoms with Crippen LogP contribution in [0.3, 0.4) is 0 Å². The number of rotatable bonds is 9. The van der Waals surface area contributed by atoms with Crippen molar-refractivity contribution < 1.29 is 37.5 Å². The standard InChI is InChI=1S/C27H27N5O8S/c1-15(33)28-18-7-10-20-16(11-18)12-25(41(36,37)38)26(27(20)35)30-29-21-13-24(40-4)22(14-23(21)39-3)32(2)31-17-5-8-19(34)9-6-17/h5-14,31,34-35H,1-4H3,(H,28,33)(H,36,37,38). The van der Waals surface area contributed by atoms with Crippen molar-refractivity contribution in [3.8, 4) is 23.0 Å². The van der Waals surface area contributed by atoms with Crippen LogP contribution in [0.4, 0.5) is 28.4 Å². The first-order valence-corrected chi connectivity index (χ1v) is 13.4. The third-order valence-electron chi connectivity index (χ3n) is 5.91. The Balaban J connectivity index is 1.77. The minimum atomic E-state index is -4.85. The monoisotopic (exact) mass is 581 g/mol. The number of carbonyl (C=O) groups is 1. The highest BCUT2D eigenvalue weighted by atomic mass is 32.2. The van der Waals surface area contributed by atoms with Crippen molar-refractivity contribution in [2.75, 3.05) is 37.0 Å². The maximum absolute atomic E-state index is 12.2. The van der Waals surface area contributed by atoms with Gasteiger partial charge in [-0.15, -0.1) is 10.2 Å². The number of anilines is 3. The molecule has 0 aliphatic rings. The minimum absolute atomic E-state index is 0.122. The van der Waals surface area contributed by atoms with E-state index in [-0.39, 0.29) is 33.9 Å². The number of phenols is 2. The van der Waals surface area contributed by atoms with Gasteiger partial charge in [-0.2, -0.15) is 8.42 Å². The van der Waals surface area contributed by atoms with Gasteiger partial charge in [-0.3, -0.25) is 19.8 Å². The molecule has 4 aromatic carbocycles. The van der Waals surface area contributed by atoms with Crippen molar-refractivity contribution in [1.29, 1.82) is 0 Å². The van der Waals surface area contributed by atoms with Crippen molar-refractivity contribution >= 4 is 55.2 Å². The molecule has 13 nitrogen and oxygen atoms in total. The smallest absolute Gasteiger partial charge is 0.296 e. The van der Waals surface area contributed by atoms with Gasteiger partial charge in [0.05, 0.1) is 19.9 Å². The molecule has 0 atom stereocenters. The quantitative estimate of drug-likeness (QED) is 0.0747. The summed E-state index contributed by atoms with van der Waals surface area (Å²) in [6, 6.07) is 15.1. The molecule has 0 radical (unpaired) electrons. The van der Waals surface area contributed by atoms with Crippen LogP contribution in [0.15, 0.2) is 75.8 Å². The summed E-state index contributed by atoms with van der Waals surface area (Å²) in [7, 11) is -0.274. The highest BCUT2D eigenvalue weighted by Gasteiger charge is 2.23. The Morgan fingerprint density at radius 3 is 2.17 bits per heavy atom. The fraction of sp³-hybridized carbons (Fsp3) is 0.148. The largest absolute Gasteiger partial charge is 0.508 e. The van der Waals surface area contributed by atoms with Crippen molar-refractivity contribution in [2.24, 2.45) is 10.2 Å². The number of hydrogen-bond donors (Lipinski definition) is 5. The first-order valence-electron chi connectivity index (χ1n) is 11.9. The number of nitrogens with zero attached hydrogens (tertiary/aromatic N) is 3. The topological polar surface area (TPSA) is 182 Å². The molecule has 0 saturated carbocycles. The number of ether oxygens (including phenoxy) is 2. The van der Waals surface area contributed by atoms with Crippen molar-refractivity contribution in [2.45, 2.75) is 11.8 Å². The zero-order valence-corrected chi connectivity index (χ0v) is 23.2. The van der Waals surface area contributed by atoms with Crippen LogP contribution in [0.25, 0.3) is 10.8 Å². The van der Waals surface area contributed by atoms with E-state index in [9.17, 15) is 28.0 Å². The molecule has 0 aliphatic heterocycles. The molecule has 0 unspecified atom stereocenters. The van der Waals surface area contributed by atoms with Crippen LogP contribution >= 0.6 is 0 Å². The van der Waals surface area contributed by atoms with E-state index in [0.717, 1.165) is 6.07 Å². The molecule has 14 heteroatoms. The maximum Gasteiger partial charge on any atom is 0.296 e. The van der Waals surface area contributed by atoms with Crippen LogP contribution in [-0.4, -0.2) is 50.4 Å². The van der Waals surface area contributed by atoms with Crippen LogP contribution in [0.2, 0.25) is 0 Å². The molecular formula is C27H27N5O8S. The SMILES string of the molecule is COc1cc(N(C)Nc2ccc(O)cc2)c(OC)cc1N=Nc1c(S(=O)(=O)O)cc2cc(NC(C)=O)ccc2c1O. The lowest BCUT2D eigenvalue weighted by molar-refractivity contribution is -0.114. The summed E-state index contributed by atoms with van der Waals surface area (Å²) in [6.07, 6.45) is 0. The molecule has 0 heterocycles. The number of azo groups is 1. The van der Waals surface area contributed by atoms with E-state index >= 15 is 0 Å². The van der Waals surface area contributed by atoms with Gasteiger partial charge in [0, 0.05) is 37.2 Å². The van der Waals surface area contributed by atoms with Crippen LogP contribution in [-0.2, 0) is 14.9 Å². The average molecular weight is 582 g/mol. The van der Waals surface area contributed by atoms with Crippen LogP contribution in [0.5, 0.6) is 23.0 Å². The van der Waals surface area contributed by atoms with E-state index in [0.29, 0.717) is 22.8 Å².